The van der Waals surface area contributed by atoms with E-state index in [-0.39, 0.29) is 0 Å². The van der Waals surface area contributed by atoms with Crippen molar-refractivity contribution in [2.75, 3.05) is 46.3 Å². The molecule has 2 heterocycles. The number of carbonyl (C=O) groups is 1. The zero-order valence-electron chi connectivity index (χ0n) is 11.9. The van der Waals surface area contributed by atoms with Gasteiger partial charge in [0.15, 0.2) is 0 Å². The highest BCUT2D eigenvalue weighted by atomic mass is 16.2. The Morgan fingerprint density at radius 2 is 2.06 bits per heavy atom. The molecule has 2 fully saturated rings. The van der Waals surface area contributed by atoms with E-state index in [1.807, 2.05) is 7.05 Å². The first-order valence-electron chi connectivity index (χ1n) is 7.32. The second-order valence-corrected chi connectivity index (χ2v) is 6.05. The van der Waals surface area contributed by atoms with Crippen molar-refractivity contribution in [1.82, 2.24) is 15.1 Å². The minimum atomic E-state index is 0.312. The molecule has 4 heteroatoms. The van der Waals surface area contributed by atoms with Crippen LogP contribution >= 0.6 is 0 Å². The van der Waals surface area contributed by atoms with Crippen molar-refractivity contribution in [2.24, 2.45) is 5.41 Å². The van der Waals surface area contributed by atoms with Crippen LogP contribution < -0.4 is 5.32 Å². The number of nitrogens with zero attached hydrogens (tertiary/aromatic N) is 2. The topological polar surface area (TPSA) is 35.6 Å². The first-order chi connectivity index (χ1) is 8.65. The van der Waals surface area contributed by atoms with Gasteiger partial charge in [-0.05, 0) is 51.2 Å². The number of rotatable bonds is 4. The van der Waals surface area contributed by atoms with Gasteiger partial charge in [-0.3, -0.25) is 9.69 Å². The third kappa shape index (κ3) is 3.23. The second-order valence-electron chi connectivity index (χ2n) is 6.05. The summed E-state index contributed by atoms with van der Waals surface area (Å²) in [6, 6.07) is 0. The fraction of sp³-hybridized carbons (Fsp3) is 0.929. The van der Waals surface area contributed by atoms with Gasteiger partial charge in [-0.1, -0.05) is 6.92 Å². The van der Waals surface area contributed by atoms with E-state index in [4.69, 9.17) is 0 Å². The Morgan fingerprint density at radius 1 is 1.33 bits per heavy atom. The molecule has 0 saturated carbocycles. The van der Waals surface area contributed by atoms with Crippen LogP contribution in [-0.2, 0) is 4.79 Å². The number of likely N-dealkylation sites (tertiary alicyclic amines) is 1. The molecule has 1 amide bonds. The maximum absolute atomic E-state index is 12.2. The summed E-state index contributed by atoms with van der Waals surface area (Å²) in [6.07, 6.45) is 4.77. The molecule has 0 atom stereocenters. The van der Waals surface area contributed by atoms with Crippen molar-refractivity contribution < 1.29 is 4.79 Å². The molecule has 2 aliphatic heterocycles. The van der Waals surface area contributed by atoms with Crippen molar-refractivity contribution in [3.05, 3.63) is 0 Å². The molecule has 0 radical (unpaired) electrons. The number of amides is 1. The smallest absolute Gasteiger partial charge is 0.236 e. The van der Waals surface area contributed by atoms with E-state index in [1.165, 1.54) is 19.3 Å². The third-order valence-corrected chi connectivity index (χ3v) is 4.52. The Morgan fingerprint density at radius 3 is 2.61 bits per heavy atom. The van der Waals surface area contributed by atoms with Gasteiger partial charge < -0.3 is 10.2 Å². The first kappa shape index (κ1) is 13.8. The van der Waals surface area contributed by atoms with Crippen molar-refractivity contribution >= 4 is 5.91 Å². The fourth-order valence-corrected chi connectivity index (χ4v) is 3.24. The molecule has 4 nitrogen and oxygen atoms in total. The van der Waals surface area contributed by atoms with E-state index in [9.17, 15) is 4.79 Å². The van der Waals surface area contributed by atoms with Gasteiger partial charge in [0, 0.05) is 19.6 Å². The summed E-state index contributed by atoms with van der Waals surface area (Å²) in [6.45, 7) is 7.98. The molecule has 2 aliphatic rings. The lowest BCUT2D eigenvalue weighted by molar-refractivity contribution is -0.134. The second kappa shape index (κ2) is 6.02. The van der Waals surface area contributed by atoms with Gasteiger partial charge in [-0.25, -0.2) is 0 Å². The predicted molar refractivity (Wildman–Crippen MR) is 73.5 cm³/mol. The number of hydrogen-bond donors (Lipinski definition) is 1. The van der Waals surface area contributed by atoms with Crippen LogP contribution in [0.25, 0.3) is 0 Å². The van der Waals surface area contributed by atoms with Crippen LogP contribution in [-0.4, -0.2) is 62.0 Å². The Balaban J connectivity index is 1.76. The fourth-order valence-electron chi connectivity index (χ4n) is 3.24. The molecular weight excluding hydrogens is 226 g/mol. The molecule has 0 bridgehead atoms. The molecule has 1 spiro atoms. The molecule has 18 heavy (non-hydrogen) atoms. The lowest BCUT2D eigenvalue weighted by Gasteiger charge is -2.39. The Kier molecular flexibility index (Phi) is 4.62. The van der Waals surface area contributed by atoms with Crippen LogP contribution in [0, 0.1) is 5.41 Å². The van der Waals surface area contributed by atoms with Crippen LogP contribution in [0.4, 0.5) is 0 Å². The van der Waals surface area contributed by atoms with Crippen LogP contribution in [0.2, 0.25) is 0 Å². The van der Waals surface area contributed by atoms with Crippen molar-refractivity contribution in [2.45, 2.75) is 32.6 Å². The summed E-state index contributed by atoms with van der Waals surface area (Å²) in [5, 5.41) is 3.46. The predicted octanol–water partition coefficient (Wildman–Crippen LogP) is 0.930. The van der Waals surface area contributed by atoms with Crippen LogP contribution in [0.3, 0.4) is 0 Å². The number of likely N-dealkylation sites (N-methyl/N-ethyl adjacent to an activating group) is 1. The van der Waals surface area contributed by atoms with Gasteiger partial charge in [0.1, 0.15) is 0 Å². The first-order valence-corrected chi connectivity index (χ1v) is 7.32. The van der Waals surface area contributed by atoms with Crippen LogP contribution in [0.15, 0.2) is 0 Å². The molecular formula is C14H27N3O. The van der Waals surface area contributed by atoms with Gasteiger partial charge in [-0.2, -0.15) is 0 Å². The quantitative estimate of drug-likeness (QED) is 0.809. The SMILES string of the molecule is CCCN(C)CC(=O)N1CCC2(CCNC2)CC1. The summed E-state index contributed by atoms with van der Waals surface area (Å²) >= 11 is 0. The molecule has 104 valence electrons. The summed E-state index contributed by atoms with van der Waals surface area (Å²) < 4.78 is 0. The van der Waals surface area contributed by atoms with Gasteiger partial charge in [0.05, 0.1) is 6.54 Å². The summed E-state index contributed by atoms with van der Waals surface area (Å²) in [4.78, 5) is 16.3. The van der Waals surface area contributed by atoms with Crippen LogP contribution in [0.5, 0.6) is 0 Å². The zero-order valence-corrected chi connectivity index (χ0v) is 11.9. The molecule has 2 saturated heterocycles. The number of piperidine rings is 1. The highest BCUT2D eigenvalue weighted by molar-refractivity contribution is 5.78. The lowest BCUT2D eigenvalue weighted by atomic mass is 9.78. The molecule has 0 aliphatic carbocycles. The highest BCUT2D eigenvalue weighted by Gasteiger charge is 2.37. The van der Waals surface area contributed by atoms with E-state index in [0.29, 0.717) is 17.9 Å². The van der Waals surface area contributed by atoms with Gasteiger partial charge in [0.2, 0.25) is 5.91 Å². The minimum absolute atomic E-state index is 0.312. The van der Waals surface area contributed by atoms with E-state index >= 15 is 0 Å². The standard InChI is InChI=1S/C14H27N3O/c1-3-8-16(2)11-13(18)17-9-5-14(6-10-17)4-7-15-12-14/h15H,3-12H2,1-2H3. The van der Waals surface area contributed by atoms with Gasteiger partial charge in [0.25, 0.3) is 0 Å². The van der Waals surface area contributed by atoms with Crippen molar-refractivity contribution in [3.8, 4) is 0 Å². The Labute approximate surface area is 111 Å². The molecule has 0 aromatic heterocycles. The third-order valence-electron chi connectivity index (χ3n) is 4.52. The molecule has 0 aromatic rings. The number of nitrogens with one attached hydrogen (secondary N) is 1. The van der Waals surface area contributed by atoms with E-state index in [0.717, 1.165) is 39.1 Å². The van der Waals surface area contributed by atoms with E-state index in [2.05, 4.69) is 22.0 Å². The lowest BCUT2D eigenvalue weighted by Crippen LogP contribution is -2.47. The Bertz CT molecular complexity index is 277. The molecule has 0 unspecified atom stereocenters. The number of carbonyl (C=O) groups excluding carboxylic acids is 1. The van der Waals surface area contributed by atoms with Gasteiger partial charge in [-0.15, -0.1) is 0 Å². The molecule has 2 rings (SSSR count). The average Bonchev–Trinajstić information content (AvgIpc) is 2.78. The average molecular weight is 253 g/mol. The summed E-state index contributed by atoms with van der Waals surface area (Å²) in [5.41, 5.74) is 0.506. The van der Waals surface area contributed by atoms with Crippen molar-refractivity contribution in [3.63, 3.8) is 0 Å². The maximum atomic E-state index is 12.2. The monoisotopic (exact) mass is 253 g/mol. The van der Waals surface area contributed by atoms with E-state index in [1.54, 1.807) is 0 Å². The highest BCUT2D eigenvalue weighted by Crippen LogP contribution is 2.36. The normalized spacial score (nSPS) is 22.9. The Hall–Kier alpha value is -0.610. The van der Waals surface area contributed by atoms with Crippen LogP contribution in [0.1, 0.15) is 32.6 Å². The zero-order chi connectivity index (χ0) is 13.0. The summed E-state index contributed by atoms with van der Waals surface area (Å²) in [5.74, 6) is 0.312. The summed E-state index contributed by atoms with van der Waals surface area (Å²) in [7, 11) is 2.04. The van der Waals surface area contributed by atoms with Crippen molar-refractivity contribution in [1.29, 1.82) is 0 Å². The maximum Gasteiger partial charge on any atom is 0.236 e. The van der Waals surface area contributed by atoms with Gasteiger partial charge >= 0.3 is 0 Å². The molecule has 0 aromatic carbocycles. The number of hydrogen-bond acceptors (Lipinski definition) is 3. The molecule has 1 N–H and O–H groups in total. The van der Waals surface area contributed by atoms with E-state index < -0.39 is 0 Å². The largest absolute Gasteiger partial charge is 0.342 e. The minimum Gasteiger partial charge on any atom is -0.342 e.